The van der Waals surface area contributed by atoms with Crippen molar-refractivity contribution in [2.45, 2.75) is 25.7 Å². The molecular formula is C22H35N5O6S. The molecule has 34 heavy (non-hydrogen) atoms. The molecule has 0 aromatic heterocycles. The zero-order chi connectivity index (χ0) is 25.1. The van der Waals surface area contributed by atoms with Gasteiger partial charge in [0.1, 0.15) is 0 Å². The number of nitrogens with one attached hydrogen (secondary N) is 2. The van der Waals surface area contributed by atoms with Gasteiger partial charge in [-0.25, -0.2) is 0 Å². The first kappa shape index (κ1) is 27.9. The normalized spacial score (nSPS) is 18.6. The van der Waals surface area contributed by atoms with Crippen LogP contribution in [0, 0.1) is 0 Å². The largest absolute Gasteiger partial charge is 0.480 e. The van der Waals surface area contributed by atoms with E-state index >= 15 is 0 Å². The van der Waals surface area contributed by atoms with Gasteiger partial charge < -0.3 is 31.1 Å². The molecule has 0 saturated carbocycles. The third kappa shape index (κ3) is 10.3. The second kappa shape index (κ2) is 14.1. The summed E-state index contributed by atoms with van der Waals surface area (Å²) in [6.45, 7) is 4.35. The number of carbonyl (C=O) groups is 2. The van der Waals surface area contributed by atoms with Crippen LogP contribution in [0.15, 0.2) is 24.3 Å². The quantitative estimate of drug-likeness (QED) is 0.179. The predicted octanol–water partition coefficient (Wildman–Crippen LogP) is -0.696. The molecule has 1 heterocycles. The molecule has 0 radical (unpaired) electrons. The van der Waals surface area contributed by atoms with Crippen LogP contribution in [0.1, 0.15) is 12.5 Å². The van der Waals surface area contributed by atoms with E-state index in [4.69, 9.17) is 12.2 Å². The third-order valence-corrected chi connectivity index (χ3v) is 5.80. The number of benzene rings is 1. The van der Waals surface area contributed by atoms with Gasteiger partial charge in [-0.3, -0.25) is 24.3 Å². The van der Waals surface area contributed by atoms with Gasteiger partial charge in [-0.05, 0) is 43.3 Å². The number of thiocarbonyl (C=S) groups is 1. The van der Waals surface area contributed by atoms with Crippen molar-refractivity contribution in [3.8, 4) is 0 Å². The maximum absolute atomic E-state index is 11.4. The Morgan fingerprint density at radius 1 is 1.03 bits per heavy atom. The first-order valence-corrected chi connectivity index (χ1v) is 11.7. The van der Waals surface area contributed by atoms with Gasteiger partial charge in [0.2, 0.25) is 0 Å². The molecule has 1 unspecified atom stereocenters. The molecule has 1 aliphatic rings. The Kier molecular flexibility index (Phi) is 11.6. The van der Waals surface area contributed by atoms with Gasteiger partial charge in [0.25, 0.3) is 0 Å². The fraction of sp³-hybridized carbons (Fsp3) is 0.591. The Morgan fingerprint density at radius 3 is 2.21 bits per heavy atom. The van der Waals surface area contributed by atoms with E-state index in [1.807, 2.05) is 36.1 Å². The van der Waals surface area contributed by atoms with Crippen LogP contribution < -0.4 is 10.6 Å². The minimum absolute atomic E-state index is 0.0247. The summed E-state index contributed by atoms with van der Waals surface area (Å²) in [5.74, 6) is -1.93. The summed E-state index contributed by atoms with van der Waals surface area (Å²) in [4.78, 5) is 28.1. The summed E-state index contributed by atoms with van der Waals surface area (Å²) in [7, 11) is 0. The van der Waals surface area contributed by atoms with E-state index in [2.05, 4.69) is 10.6 Å². The summed E-state index contributed by atoms with van der Waals surface area (Å²) in [6, 6.07) is 7.52. The van der Waals surface area contributed by atoms with Gasteiger partial charge in [-0.15, -0.1) is 0 Å². The van der Waals surface area contributed by atoms with Crippen LogP contribution in [0.25, 0.3) is 0 Å². The first-order chi connectivity index (χ1) is 16.2. The number of aliphatic carboxylic acids is 2. The van der Waals surface area contributed by atoms with Gasteiger partial charge in [-0.1, -0.05) is 12.1 Å². The summed E-state index contributed by atoms with van der Waals surface area (Å²) in [6.07, 6.45) is -1.01. The lowest BCUT2D eigenvalue weighted by molar-refractivity contribution is -0.140. The van der Waals surface area contributed by atoms with E-state index in [0.29, 0.717) is 44.3 Å². The van der Waals surface area contributed by atoms with Gasteiger partial charge in [0.15, 0.2) is 11.4 Å². The minimum atomic E-state index is -1.57. The number of aliphatic hydroxyl groups is 2. The van der Waals surface area contributed by atoms with Gasteiger partial charge in [0, 0.05) is 57.5 Å². The lowest BCUT2D eigenvalue weighted by Gasteiger charge is -2.34. The second-order valence-corrected chi connectivity index (χ2v) is 8.72. The van der Waals surface area contributed by atoms with Crippen molar-refractivity contribution >= 4 is 35.0 Å². The molecular weight excluding hydrogens is 462 g/mol. The molecule has 1 aliphatic heterocycles. The van der Waals surface area contributed by atoms with Gasteiger partial charge in [-0.2, -0.15) is 0 Å². The Balaban J connectivity index is 2.21. The van der Waals surface area contributed by atoms with Crippen LogP contribution in [0.5, 0.6) is 0 Å². The van der Waals surface area contributed by atoms with E-state index in [0.717, 1.165) is 17.8 Å². The standard InChI is InChI=1S/C22H35N5O6S/c1-2-23-22(34)24-17-5-3-16(4-6-17)11-18-12-26(14-20(30)31)8-7-25(13-19(28)29)9-10-27(18)15-21(32)33/h3-6,18,21,32-33H,2,7-15H2,1H3,(H,28,29)(H,30,31)(H2,23,24,34). The van der Waals surface area contributed by atoms with E-state index < -0.39 is 18.2 Å². The number of rotatable bonds is 10. The molecule has 0 aliphatic carbocycles. The number of carboxylic acids is 2. The van der Waals surface area contributed by atoms with Gasteiger partial charge >= 0.3 is 11.9 Å². The Bertz CT molecular complexity index is 809. The average molecular weight is 498 g/mol. The third-order valence-electron chi connectivity index (χ3n) is 5.56. The summed E-state index contributed by atoms with van der Waals surface area (Å²) in [5.41, 5.74) is 1.84. The molecule has 11 nitrogen and oxygen atoms in total. The molecule has 1 saturated heterocycles. The molecule has 190 valence electrons. The zero-order valence-corrected chi connectivity index (χ0v) is 20.2. The number of nitrogens with zero attached hydrogens (tertiary/aromatic N) is 3. The molecule has 0 bridgehead atoms. The SMILES string of the molecule is CCNC(=S)Nc1ccc(CC2CN(CC(=O)O)CCN(CC(=O)O)CCN2CC(O)O)cc1. The van der Waals surface area contributed by atoms with Crippen molar-refractivity contribution < 1.29 is 30.0 Å². The number of carboxylic acid groups (broad SMARTS) is 2. The van der Waals surface area contributed by atoms with Crippen molar-refractivity contribution in [3.05, 3.63) is 29.8 Å². The van der Waals surface area contributed by atoms with Crippen molar-refractivity contribution in [2.75, 3.05) is 64.2 Å². The van der Waals surface area contributed by atoms with Crippen molar-refractivity contribution in [1.29, 1.82) is 0 Å². The van der Waals surface area contributed by atoms with Crippen molar-refractivity contribution in [2.24, 2.45) is 0 Å². The molecule has 2 rings (SSSR count). The highest BCUT2D eigenvalue weighted by Gasteiger charge is 2.27. The molecule has 6 N–H and O–H groups in total. The summed E-state index contributed by atoms with van der Waals surface area (Å²) < 4.78 is 0. The summed E-state index contributed by atoms with van der Waals surface area (Å²) >= 11 is 5.21. The van der Waals surface area contributed by atoms with Crippen molar-refractivity contribution in [3.63, 3.8) is 0 Å². The number of hydrogen-bond donors (Lipinski definition) is 6. The molecule has 1 fully saturated rings. The topological polar surface area (TPSA) is 149 Å². The van der Waals surface area contributed by atoms with Crippen LogP contribution in [0.4, 0.5) is 5.69 Å². The monoisotopic (exact) mass is 497 g/mol. The fourth-order valence-corrected chi connectivity index (χ4v) is 4.27. The second-order valence-electron chi connectivity index (χ2n) is 8.31. The first-order valence-electron chi connectivity index (χ1n) is 11.3. The number of anilines is 1. The average Bonchev–Trinajstić information content (AvgIpc) is 2.80. The van der Waals surface area contributed by atoms with Crippen LogP contribution in [-0.4, -0.2) is 123 Å². The molecule has 12 heteroatoms. The molecule has 1 aromatic rings. The van der Waals surface area contributed by atoms with Gasteiger partial charge in [0.05, 0.1) is 13.1 Å². The Morgan fingerprint density at radius 2 is 1.62 bits per heavy atom. The zero-order valence-electron chi connectivity index (χ0n) is 19.4. The lowest BCUT2D eigenvalue weighted by atomic mass is 10.0. The maximum atomic E-state index is 11.4. The Hall–Kier alpha value is -2.35. The molecule has 1 aromatic carbocycles. The number of β-amino-alcohol motifs (C(OH)–C–C–N with tert-alkyl or cyclic N) is 2. The fourth-order valence-electron chi connectivity index (χ4n) is 4.01. The predicted molar refractivity (Wildman–Crippen MR) is 132 cm³/mol. The van der Waals surface area contributed by atoms with Crippen molar-refractivity contribution in [1.82, 2.24) is 20.0 Å². The van der Waals surface area contributed by atoms with E-state index in [1.54, 1.807) is 9.80 Å². The lowest BCUT2D eigenvalue weighted by Crippen LogP contribution is -2.49. The molecule has 0 amide bonds. The van der Waals surface area contributed by atoms with E-state index in [9.17, 15) is 30.0 Å². The van der Waals surface area contributed by atoms with Crippen LogP contribution in [0.2, 0.25) is 0 Å². The van der Waals surface area contributed by atoms with Crippen LogP contribution in [0.3, 0.4) is 0 Å². The molecule has 0 spiro atoms. The maximum Gasteiger partial charge on any atom is 0.317 e. The number of aliphatic hydroxyl groups excluding tert-OH is 1. The van der Waals surface area contributed by atoms with Crippen LogP contribution >= 0.6 is 12.2 Å². The molecule has 1 atom stereocenters. The smallest absolute Gasteiger partial charge is 0.317 e. The Labute approximate surface area is 205 Å². The number of hydrogen-bond acceptors (Lipinski definition) is 8. The van der Waals surface area contributed by atoms with Crippen LogP contribution in [-0.2, 0) is 16.0 Å². The highest BCUT2D eigenvalue weighted by atomic mass is 32.1. The van der Waals surface area contributed by atoms with E-state index in [-0.39, 0.29) is 25.7 Å². The van der Waals surface area contributed by atoms with E-state index in [1.165, 1.54) is 0 Å². The summed E-state index contributed by atoms with van der Waals surface area (Å²) in [5, 5.41) is 44.6. The minimum Gasteiger partial charge on any atom is -0.480 e. The highest BCUT2D eigenvalue weighted by molar-refractivity contribution is 7.80. The highest BCUT2D eigenvalue weighted by Crippen LogP contribution is 2.16.